The second-order valence-electron chi connectivity index (χ2n) is 3.89. The number of nitrogens with one attached hydrogen (secondary N) is 1. The highest BCUT2D eigenvalue weighted by Gasteiger charge is 2.16. The molecule has 0 spiro atoms. The molecule has 0 saturated heterocycles. The average Bonchev–Trinajstić information content (AvgIpc) is 2.85. The van der Waals surface area contributed by atoms with Gasteiger partial charge in [0.05, 0.1) is 10.6 Å². The number of halogens is 1. The van der Waals surface area contributed by atoms with Gasteiger partial charge in [0, 0.05) is 23.6 Å². The molecule has 0 atom stereocenters. The van der Waals surface area contributed by atoms with Crippen molar-refractivity contribution >= 4 is 22.2 Å². The SMILES string of the molecule is CCCNc1nc(-c2ccc(F)c([N+](=O)[O-])c2)cs1. The number of aromatic nitrogens is 1. The molecule has 100 valence electrons. The summed E-state index contributed by atoms with van der Waals surface area (Å²) in [6.45, 7) is 2.86. The van der Waals surface area contributed by atoms with E-state index in [2.05, 4.69) is 10.3 Å². The first-order valence-corrected chi connectivity index (χ1v) is 6.63. The number of nitro groups is 1. The van der Waals surface area contributed by atoms with Crippen LogP contribution in [0.2, 0.25) is 0 Å². The Labute approximate surface area is 113 Å². The Balaban J connectivity index is 2.29. The molecule has 0 bridgehead atoms. The lowest BCUT2D eigenvalue weighted by Gasteiger charge is -1.99. The molecule has 0 fully saturated rings. The maximum absolute atomic E-state index is 13.2. The molecular formula is C12H12FN3O2S. The second-order valence-corrected chi connectivity index (χ2v) is 4.75. The van der Waals surface area contributed by atoms with Gasteiger partial charge in [0.25, 0.3) is 0 Å². The van der Waals surface area contributed by atoms with E-state index in [0.29, 0.717) is 11.3 Å². The van der Waals surface area contributed by atoms with Gasteiger partial charge in [-0.1, -0.05) is 6.92 Å². The maximum Gasteiger partial charge on any atom is 0.305 e. The normalized spacial score (nSPS) is 10.4. The highest BCUT2D eigenvalue weighted by molar-refractivity contribution is 7.14. The topological polar surface area (TPSA) is 68.1 Å². The number of nitrogens with zero attached hydrogens (tertiary/aromatic N) is 2. The third-order valence-electron chi connectivity index (χ3n) is 2.47. The van der Waals surface area contributed by atoms with Crippen LogP contribution in [0.25, 0.3) is 11.3 Å². The number of benzene rings is 1. The highest BCUT2D eigenvalue weighted by atomic mass is 32.1. The molecule has 7 heteroatoms. The van der Waals surface area contributed by atoms with Gasteiger partial charge >= 0.3 is 5.69 Å². The molecule has 1 heterocycles. The van der Waals surface area contributed by atoms with Gasteiger partial charge in [-0.25, -0.2) is 4.98 Å². The summed E-state index contributed by atoms with van der Waals surface area (Å²) in [4.78, 5) is 14.3. The predicted molar refractivity (Wildman–Crippen MR) is 72.9 cm³/mol. The first kappa shape index (κ1) is 13.4. The van der Waals surface area contributed by atoms with Crippen LogP contribution < -0.4 is 5.32 Å². The summed E-state index contributed by atoms with van der Waals surface area (Å²) in [6, 6.07) is 3.78. The van der Waals surface area contributed by atoms with Crippen molar-refractivity contribution in [3.05, 3.63) is 39.5 Å². The lowest BCUT2D eigenvalue weighted by molar-refractivity contribution is -0.387. The number of rotatable bonds is 5. The van der Waals surface area contributed by atoms with E-state index in [4.69, 9.17) is 0 Å². The summed E-state index contributed by atoms with van der Waals surface area (Å²) in [5.74, 6) is -0.840. The third-order valence-corrected chi connectivity index (χ3v) is 3.27. The van der Waals surface area contributed by atoms with Crippen LogP contribution >= 0.6 is 11.3 Å². The second kappa shape index (κ2) is 5.75. The minimum absolute atomic E-state index is 0.534. The Morgan fingerprint density at radius 1 is 1.53 bits per heavy atom. The molecule has 1 aromatic carbocycles. The largest absolute Gasteiger partial charge is 0.362 e. The molecule has 1 aromatic heterocycles. The summed E-state index contributed by atoms with van der Waals surface area (Å²) in [7, 11) is 0. The Morgan fingerprint density at radius 3 is 3.00 bits per heavy atom. The van der Waals surface area contributed by atoms with Crippen LogP contribution in [0.3, 0.4) is 0 Å². The number of nitro benzene ring substituents is 1. The molecule has 0 amide bonds. The molecule has 0 unspecified atom stereocenters. The van der Waals surface area contributed by atoms with Crippen molar-refractivity contribution < 1.29 is 9.31 Å². The minimum Gasteiger partial charge on any atom is -0.362 e. The van der Waals surface area contributed by atoms with Crippen molar-refractivity contribution in [2.75, 3.05) is 11.9 Å². The van der Waals surface area contributed by atoms with Gasteiger partial charge in [0.2, 0.25) is 5.82 Å². The van der Waals surface area contributed by atoms with Crippen LogP contribution in [0, 0.1) is 15.9 Å². The fourth-order valence-corrected chi connectivity index (χ4v) is 2.28. The number of hydrogen-bond acceptors (Lipinski definition) is 5. The standard InChI is InChI=1S/C12H12FN3O2S/c1-2-5-14-12-15-10(7-19-12)8-3-4-9(13)11(6-8)16(17)18/h3-4,6-7H,2,5H2,1H3,(H,14,15). The van der Waals surface area contributed by atoms with Gasteiger partial charge < -0.3 is 5.32 Å². The molecule has 2 aromatic rings. The Kier molecular flexibility index (Phi) is 4.06. The van der Waals surface area contributed by atoms with E-state index in [9.17, 15) is 14.5 Å². The van der Waals surface area contributed by atoms with Gasteiger partial charge in [0.15, 0.2) is 5.13 Å². The zero-order chi connectivity index (χ0) is 13.8. The highest BCUT2D eigenvalue weighted by Crippen LogP contribution is 2.28. The van der Waals surface area contributed by atoms with Crippen molar-refractivity contribution in [2.24, 2.45) is 0 Å². The van der Waals surface area contributed by atoms with Gasteiger partial charge in [0.1, 0.15) is 0 Å². The van der Waals surface area contributed by atoms with E-state index in [-0.39, 0.29) is 0 Å². The smallest absolute Gasteiger partial charge is 0.305 e. The van der Waals surface area contributed by atoms with Crippen molar-refractivity contribution in [1.82, 2.24) is 4.98 Å². The molecule has 19 heavy (non-hydrogen) atoms. The average molecular weight is 281 g/mol. The summed E-state index contributed by atoms with van der Waals surface area (Å²) in [5, 5.41) is 16.4. The van der Waals surface area contributed by atoms with Gasteiger partial charge in [-0.3, -0.25) is 10.1 Å². The molecule has 0 radical (unpaired) electrons. The fourth-order valence-electron chi connectivity index (χ4n) is 1.53. The predicted octanol–water partition coefficient (Wildman–Crippen LogP) is 3.68. The van der Waals surface area contributed by atoms with Crippen molar-refractivity contribution in [3.8, 4) is 11.3 Å². The monoisotopic (exact) mass is 281 g/mol. The van der Waals surface area contributed by atoms with E-state index >= 15 is 0 Å². The van der Waals surface area contributed by atoms with Crippen molar-refractivity contribution in [2.45, 2.75) is 13.3 Å². The summed E-state index contributed by atoms with van der Waals surface area (Å²) in [6.07, 6.45) is 0.983. The molecule has 2 rings (SSSR count). The first-order chi connectivity index (χ1) is 9.11. The van der Waals surface area contributed by atoms with E-state index in [1.807, 2.05) is 6.92 Å². The zero-order valence-electron chi connectivity index (χ0n) is 10.2. The Bertz CT molecular complexity index is 600. The summed E-state index contributed by atoms with van der Waals surface area (Å²) < 4.78 is 13.2. The van der Waals surface area contributed by atoms with Crippen LogP contribution in [0.1, 0.15) is 13.3 Å². The number of thiazole rings is 1. The minimum atomic E-state index is -0.840. The van der Waals surface area contributed by atoms with Crippen LogP contribution in [-0.2, 0) is 0 Å². The van der Waals surface area contributed by atoms with Crippen LogP contribution in [-0.4, -0.2) is 16.5 Å². The van der Waals surface area contributed by atoms with Gasteiger partial charge in [-0.2, -0.15) is 4.39 Å². The Morgan fingerprint density at radius 2 is 2.32 bits per heavy atom. The quantitative estimate of drug-likeness (QED) is 0.670. The number of hydrogen-bond donors (Lipinski definition) is 1. The lowest BCUT2D eigenvalue weighted by atomic mass is 10.1. The third kappa shape index (κ3) is 3.05. The van der Waals surface area contributed by atoms with Crippen molar-refractivity contribution in [1.29, 1.82) is 0 Å². The van der Waals surface area contributed by atoms with Gasteiger partial charge in [-0.05, 0) is 18.6 Å². The van der Waals surface area contributed by atoms with Gasteiger partial charge in [-0.15, -0.1) is 11.3 Å². The molecule has 0 aliphatic rings. The molecular weight excluding hydrogens is 269 g/mol. The maximum atomic E-state index is 13.2. The van der Waals surface area contributed by atoms with Crippen LogP contribution in [0.4, 0.5) is 15.2 Å². The molecule has 0 saturated carbocycles. The summed E-state index contributed by atoms with van der Waals surface area (Å²) >= 11 is 1.42. The molecule has 1 N–H and O–H groups in total. The van der Waals surface area contributed by atoms with E-state index in [0.717, 1.165) is 24.2 Å². The lowest BCUT2D eigenvalue weighted by Crippen LogP contribution is -1.98. The zero-order valence-corrected chi connectivity index (χ0v) is 11.0. The van der Waals surface area contributed by atoms with Crippen LogP contribution in [0.15, 0.2) is 23.6 Å². The van der Waals surface area contributed by atoms with E-state index in [1.54, 1.807) is 5.38 Å². The van der Waals surface area contributed by atoms with E-state index < -0.39 is 16.4 Å². The van der Waals surface area contributed by atoms with Crippen molar-refractivity contribution in [3.63, 3.8) is 0 Å². The molecule has 0 aliphatic carbocycles. The molecule has 5 nitrogen and oxygen atoms in total. The first-order valence-electron chi connectivity index (χ1n) is 5.75. The molecule has 0 aliphatic heterocycles. The van der Waals surface area contributed by atoms with Crippen LogP contribution in [0.5, 0.6) is 0 Å². The number of anilines is 1. The Hall–Kier alpha value is -2.02. The summed E-state index contributed by atoms with van der Waals surface area (Å²) in [5.41, 5.74) is 0.606. The fraction of sp³-hybridized carbons (Fsp3) is 0.250. The van der Waals surface area contributed by atoms with E-state index in [1.165, 1.54) is 23.5 Å².